The fourth-order valence-corrected chi connectivity index (χ4v) is 4.61. The Kier molecular flexibility index (Phi) is 5.26. The average Bonchev–Trinajstić information content (AvgIpc) is 3.33. The zero-order valence-electron chi connectivity index (χ0n) is 17.7. The van der Waals surface area contributed by atoms with Gasteiger partial charge in [0, 0.05) is 24.5 Å². The van der Waals surface area contributed by atoms with Crippen LogP contribution < -0.4 is 4.74 Å². The molecule has 0 spiro atoms. The Bertz CT molecular complexity index is 1150. The largest absolute Gasteiger partial charge is 0.472 e. The van der Waals surface area contributed by atoms with Crippen LogP contribution in [-0.2, 0) is 6.18 Å². The van der Waals surface area contributed by atoms with Gasteiger partial charge in [0.1, 0.15) is 11.8 Å². The fraction of sp³-hybridized carbons (Fsp3) is 0.409. The molecule has 1 saturated carbocycles. The highest BCUT2D eigenvalue weighted by atomic mass is 19.4. The van der Waals surface area contributed by atoms with Gasteiger partial charge >= 0.3 is 6.18 Å². The van der Waals surface area contributed by atoms with Crippen LogP contribution in [0.25, 0.3) is 5.69 Å². The van der Waals surface area contributed by atoms with E-state index in [2.05, 4.69) is 20.2 Å². The van der Waals surface area contributed by atoms with E-state index in [-0.39, 0.29) is 35.5 Å². The lowest BCUT2D eigenvalue weighted by Crippen LogP contribution is -2.59. The number of ether oxygens (including phenoxy) is 1. The zero-order chi connectivity index (χ0) is 23.2. The summed E-state index contributed by atoms with van der Waals surface area (Å²) in [5.74, 6) is 0.104. The predicted molar refractivity (Wildman–Crippen MR) is 110 cm³/mol. The number of fused-ring (bicyclic) bond motifs is 3. The molecule has 8 nitrogen and oxygen atoms in total. The summed E-state index contributed by atoms with van der Waals surface area (Å²) in [7, 11) is 0. The average molecular weight is 458 g/mol. The van der Waals surface area contributed by atoms with Crippen molar-refractivity contribution in [2.24, 2.45) is 5.92 Å². The maximum absolute atomic E-state index is 13.6. The minimum absolute atomic E-state index is 0.114. The number of aromatic nitrogens is 5. The second kappa shape index (κ2) is 8.13. The molecule has 2 saturated heterocycles. The number of pyridine rings is 2. The Morgan fingerprint density at radius 3 is 2.58 bits per heavy atom. The quantitative estimate of drug-likeness (QED) is 0.595. The van der Waals surface area contributed by atoms with Crippen molar-refractivity contribution < 1.29 is 22.7 Å². The minimum atomic E-state index is -4.46. The lowest BCUT2D eigenvalue weighted by Gasteiger charge is -2.49. The number of alkyl halides is 3. The summed E-state index contributed by atoms with van der Waals surface area (Å²) in [4.78, 5) is 25.0. The third-order valence-corrected chi connectivity index (χ3v) is 6.17. The number of carbonyl (C=O) groups is 1. The van der Waals surface area contributed by atoms with Gasteiger partial charge in [0.15, 0.2) is 5.69 Å². The van der Waals surface area contributed by atoms with Crippen molar-refractivity contribution in [3.8, 4) is 11.6 Å². The zero-order valence-corrected chi connectivity index (χ0v) is 17.7. The third-order valence-electron chi connectivity index (χ3n) is 6.17. The Morgan fingerprint density at radius 1 is 1.12 bits per heavy atom. The van der Waals surface area contributed by atoms with E-state index in [1.165, 1.54) is 23.3 Å². The van der Waals surface area contributed by atoms with Crippen molar-refractivity contribution in [3.63, 3.8) is 0 Å². The van der Waals surface area contributed by atoms with E-state index in [0.29, 0.717) is 24.3 Å². The number of carbonyl (C=O) groups excluding carboxylic acids is 1. The predicted octanol–water partition coefficient (Wildman–Crippen LogP) is 3.46. The van der Waals surface area contributed by atoms with Crippen molar-refractivity contribution in [1.82, 2.24) is 29.9 Å². The number of amides is 1. The smallest absolute Gasteiger partial charge is 0.417 e. The maximum atomic E-state index is 13.6. The minimum Gasteiger partial charge on any atom is -0.472 e. The SMILES string of the molecule is Cc1ccc(-n2nccn2)c(C(=O)N2C[C@@H]3CC[C@H]2[C@H](Oc2ccc(C(F)(F)F)cn2)C3)n1. The number of hydrogen-bond donors (Lipinski definition) is 0. The van der Waals surface area contributed by atoms with Crippen LogP contribution >= 0.6 is 0 Å². The van der Waals surface area contributed by atoms with Gasteiger partial charge in [-0.05, 0) is 50.3 Å². The van der Waals surface area contributed by atoms with Crippen molar-refractivity contribution >= 4 is 5.91 Å². The highest BCUT2D eigenvalue weighted by Crippen LogP contribution is 2.38. The summed E-state index contributed by atoms with van der Waals surface area (Å²) < 4.78 is 44.4. The van der Waals surface area contributed by atoms with E-state index in [1.807, 2.05) is 6.92 Å². The number of halogens is 3. The first kappa shape index (κ1) is 21.4. The fourth-order valence-electron chi connectivity index (χ4n) is 4.61. The molecule has 33 heavy (non-hydrogen) atoms. The number of nitrogens with zero attached hydrogens (tertiary/aromatic N) is 6. The molecule has 2 aliphatic heterocycles. The highest BCUT2D eigenvalue weighted by Gasteiger charge is 2.45. The summed E-state index contributed by atoms with van der Waals surface area (Å²) in [6, 6.07) is 5.50. The molecule has 5 heterocycles. The van der Waals surface area contributed by atoms with Gasteiger partial charge in [0.2, 0.25) is 5.88 Å². The summed E-state index contributed by atoms with van der Waals surface area (Å²) in [6.45, 7) is 2.38. The van der Waals surface area contributed by atoms with Gasteiger partial charge in [-0.3, -0.25) is 4.79 Å². The molecule has 3 fully saturated rings. The Balaban J connectivity index is 1.39. The number of aryl methyl sites for hydroxylation is 1. The van der Waals surface area contributed by atoms with Crippen LogP contribution in [0.2, 0.25) is 0 Å². The van der Waals surface area contributed by atoms with E-state index in [0.717, 1.165) is 25.1 Å². The van der Waals surface area contributed by atoms with Gasteiger partial charge in [-0.1, -0.05) is 0 Å². The third kappa shape index (κ3) is 4.14. The van der Waals surface area contributed by atoms with Gasteiger partial charge in [-0.2, -0.15) is 23.4 Å². The molecule has 2 bridgehead atoms. The first-order valence-corrected chi connectivity index (χ1v) is 10.6. The summed E-state index contributed by atoms with van der Waals surface area (Å²) in [5.41, 5.74) is 0.601. The van der Waals surface area contributed by atoms with Crippen LogP contribution in [0.15, 0.2) is 42.9 Å². The highest BCUT2D eigenvalue weighted by molar-refractivity contribution is 5.96. The van der Waals surface area contributed by atoms with E-state index < -0.39 is 11.7 Å². The molecular weight excluding hydrogens is 437 g/mol. The molecule has 3 atom stereocenters. The molecule has 6 rings (SSSR count). The first-order valence-electron chi connectivity index (χ1n) is 10.6. The van der Waals surface area contributed by atoms with Crippen LogP contribution in [0, 0.1) is 12.8 Å². The molecule has 3 aromatic rings. The molecule has 3 aliphatic rings. The first-order chi connectivity index (χ1) is 15.8. The molecule has 1 aliphatic carbocycles. The molecule has 0 radical (unpaired) electrons. The van der Waals surface area contributed by atoms with Crippen LogP contribution in [0.5, 0.6) is 5.88 Å². The lowest BCUT2D eigenvalue weighted by atomic mass is 9.77. The van der Waals surface area contributed by atoms with Crippen LogP contribution in [0.4, 0.5) is 13.2 Å². The number of hydrogen-bond acceptors (Lipinski definition) is 6. The molecular formula is C22H21F3N6O2. The molecule has 11 heteroatoms. The summed E-state index contributed by atoms with van der Waals surface area (Å²) >= 11 is 0. The van der Waals surface area contributed by atoms with Gasteiger partial charge in [-0.25, -0.2) is 9.97 Å². The maximum Gasteiger partial charge on any atom is 0.417 e. The summed E-state index contributed by atoms with van der Waals surface area (Å²) in [6.07, 6.45) is 1.41. The van der Waals surface area contributed by atoms with Crippen LogP contribution in [0.3, 0.4) is 0 Å². The second-order valence-corrected chi connectivity index (χ2v) is 8.38. The van der Waals surface area contributed by atoms with Crippen molar-refractivity contribution in [3.05, 3.63) is 59.8 Å². The topological polar surface area (TPSA) is 86.0 Å². The lowest BCUT2D eigenvalue weighted by molar-refractivity contribution is -0.137. The standard InChI is InChI=1S/C22H21F3N6O2/c1-13-2-5-17(31-27-8-9-28-31)20(29-13)21(32)30-12-14-3-6-16(30)18(10-14)33-19-7-4-15(11-26-19)22(23,24)25/h2,4-5,7-9,11,14,16,18H,3,6,10,12H2,1H3/t14-,16+,18-/m1/s1. The van der Waals surface area contributed by atoms with Crippen LogP contribution in [-0.4, -0.2) is 54.5 Å². The van der Waals surface area contributed by atoms with E-state index in [9.17, 15) is 18.0 Å². The molecule has 172 valence electrons. The Hall–Kier alpha value is -3.50. The normalized spacial score (nSPS) is 22.4. The van der Waals surface area contributed by atoms with E-state index >= 15 is 0 Å². The number of piperidine rings is 2. The van der Waals surface area contributed by atoms with Crippen molar-refractivity contribution in [1.29, 1.82) is 0 Å². The van der Waals surface area contributed by atoms with Gasteiger partial charge in [0.25, 0.3) is 5.91 Å². The Morgan fingerprint density at radius 2 is 1.91 bits per heavy atom. The molecule has 3 aromatic heterocycles. The van der Waals surface area contributed by atoms with E-state index in [4.69, 9.17) is 4.74 Å². The van der Waals surface area contributed by atoms with E-state index in [1.54, 1.807) is 17.0 Å². The molecule has 0 aromatic carbocycles. The molecule has 0 unspecified atom stereocenters. The van der Waals surface area contributed by atoms with Gasteiger partial charge in [-0.15, -0.1) is 4.80 Å². The monoisotopic (exact) mass is 458 g/mol. The Labute approximate surface area is 187 Å². The number of rotatable bonds is 4. The molecule has 0 N–H and O–H groups in total. The molecule has 1 amide bonds. The van der Waals surface area contributed by atoms with Gasteiger partial charge in [0.05, 0.1) is 24.0 Å². The second-order valence-electron chi connectivity index (χ2n) is 8.38. The van der Waals surface area contributed by atoms with Gasteiger partial charge < -0.3 is 9.64 Å². The summed E-state index contributed by atoms with van der Waals surface area (Å²) in [5, 5.41) is 8.26. The van der Waals surface area contributed by atoms with Crippen molar-refractivity contribution in [2.45, 2.75) is 44.5 Å². The van der Waals surface area contributed by atoms with Crippen molar-refractivity contribution in [2.75, 3.05) is 6.54 Å². The van der Waals surface area contributed by atoms with Crippen LogP contribution in [0.1, 0.15) is 41.0 Å².